The molecule has 4 heteroatoms. The molecule has 1 aromatic carbocycles. The van der Waals surface area contributed by atoms with Crippen LogP contribution in [0.1, 0.15) is 0 Å². The van der Waals surface area contributed by atoms with Gasteiger partial charge in [0.15, 0.2) is 0 Å². The zero-order valence-corrected chi connectivity index (χ0v) is 7.82. The number of aliphatic imine (C=N–C) groups is 1. The van der Waals surface area contributed by atoms with Gasteiger partial charge in [0.25, 0.3) is 0 Å². The molecular weight excluding hydrogens is 192 g/mol. The van der Waals surface area contributed by atoms with E-state index in [4.69, 9.17) is 11.6 Å². The van der Waals surface area contributed by atoms with Gasteiger partial charge in [-0.25, -0.2) is 4.99 Å². The summed E-state index contributed by atoms with van der Waals surface area (Å²) in [7, 11) is 0. The minimum atomic E-state index is 0.450. The summed E-state index contributed by atoms with van der Waals surface area (Å²) < 4.78 is 0. The van der Waals surface area contributed by atoms with Crippen molar-refractivity contribution in [2.75, 3.05) is 12.0 Å². The molecule has 0 saturated heterocycles. The van der Waals surface area contributed by atoms with Crippen molar-refractivity contribution < 1.29 is 0 Å². The van der Waals surface area contributed by atoms with Crippen molar-refractivity contribution in [1.82, 2.24) is 0 Å². The summed E-state index contributed by atoms with van der Waals surface area (Å²) >= 11 is 10.1. The van der Waals surface area contributed by atoms with Gasteiger partial charge in [-0.05, 0) is 36.5 Å². The largest absolute Gasteiger partial charge is 0.366 e. The van der Waals surface area contributed by atoms with Gasteiger partial charge in [-0.3, -0.25) is 0 Å². The molecule has 1 rings (SSSR count). The van der Waals surface area contributed by atoms with Crippen LogP contribution in [0.5, 0.6) is 0 Å². The SMILES string of the molecule is S=C=NCNc1ccc(Cl)cc1. The Kier molecular flexibility index (Phi) is 3.74. The topological polar surface area (TPSA) is 24.4 Å². The fourth-order valence-corrected chi connectivity index (χ4v) is 0.921. The van der Waals surface area contributed by atoms with Crippen LogP contribution in [-0.2, 0) is 0 Å². The zero-order valence-electron chi connectivity index (χ0n) is 6.25. The van der Waals surface area contributed by atoms with E-state index in [0.29, 0.717) is 6.67 Å². The lowest BCUT2D eigenvalue weighted by Gasteiger charge is -2.00. The molecule has 0 aliphatic carbocycles. The molecular formula is C8H7ClN2S. The Hall–Kier alpha value is -0.890. The quantitative estimate of drug-likeness (QED) is 0.597. The van der Waals surface area contributed by atoms with Crippen molar-refractivity contribution in [3.8, 4) is 0 Å². The molecule has 0 unspecified atom stereocenters. The molecule has 2 nitrogen and oxygen atoms in total. The summed E-state index contributed by atoms with van der Waals surface area (Å²) in [5.74, 6) is 0. The normalized spacial score (nSPS) is 8.75. The first-order valence-electron chi connectivity index (χ1n) is 3.36. The van der Waals surface area contributed by atoms with E-state index in [1.165, 1.54) is 0 Å². The smallest absolute Gasteiger partial charge is 0.118 e. The highest BCUT2D eigenvalue weighted by molar-refractivity contribution is 7.78. The highest BCUT2D eigenvalue weighted by atomic mass is 35.5. The highest BCUT2D eigenvalue weighted by Crippen LogP contribution is 2.12. The van der Waals surface area contributed by atoms with Crippen LogP contribution in [0, 0.1) is 0 Å². The van der Waals surface area contributed by atoms with Gasteiger partial charge in [-0.2, -0.15) is 0 Å². The van der Waals surface area contributed by atoms with Crippen LogP contribution in [0.15, 0.2) is 29.3 Å². The molecule has 0 radical (unpaired) electrons. The molecule has 1 N–H and O–H groups in total. The van der Waals surface area contributed by atoms with E-state index in [1.54, 1.807) is 0 Å². The van der Waals surface area contributed by atoms with Crippen molar-refractivity contribution >= 4 is 34.7 Å². The van der Waals surface area contributed by atoms with E-state index in [2.05, 4.69) is 27.7 Å². The maximum Gasteiger partial charge on any atom is 0.118 e. The number of isothiocyanates is 1. The van der Waals surface area contributed by atoms with Gasteiger partial charge in [0.1, 0.15) is 6.67 Å². The minimum Gasteiger partial charge on any atom is -0.366 e. The molecule has 12 heavy (non-hydrogen) atoms. The number of hydrogen-bond donors (Lipinski definition) is 1. The summed E-state index contributed by atoms with van der Waals surface area (Å²) in [6.45, 7) is 0.450. The third-order valence-electron chi connectivity index (χ3n) is 1.27. The Bertz CT molecular complexity index is 290. The number of hydrogen-bond acceptors (Lipinski definition) is 3. The van der Waals surface area contributed by atoms with Crippen molar-refractivity contribution in [1.29, 1.82) is 0 Å². The van der Waals surface area contributed by atoms with E-state index in [9.17, 15) is 0 Å². The number of halogens is 1. The van der Waals surface area contributed by atoms with E-state index in [1.807, 2.05) is 24.3 Å². The molecule has 0 bridgehead atoms. The number of rotatable bonds is 3. The van der Waals surface area contributed by atoms with Crippen LogP contribution in [0.3, 0.4) is 0 Å². The average molecular weight is 199 g/mol. The Morgan fingerprint density at radius 2 is 2.08 bits per heavy atom. The van der Waals surface area contributed by atoms with Crippen LogP contribution in [-0.4, -0.2) is 11.8 Å². The molecule has 0 heterocycles. The molecule has 0 amide bonds. The number of nitrogens with one attached hydrogen (secondary N) is 1. The fraction of sp³-hybridized carbons (Fsp3) is 0.125. The first kappa shape index (κ1) is 9.20. The monoisotopic (exact) mass is 198 g/mol. The molecule has 0 aromatic heterocycles. The molecule has 0 fully saturated rings. The third-order valence-corrected chi connectivity index (χ3v) is 1.65. The Balaban J connectivity index is 2.53. The maximum atomic E-state index is 5.69. The van der Waals surface area contributed by atoms with Gasteiger partial charge >= 0.3 is 0 Å². The Morgan fingerprint density at radius 3 is 2.67 bits per heavy atom. The molecule has 0 saturated carbocycles. The molecule has 0 atom stereocenters. The van der Waals surface area contributed by atoms with Gasteiger partial charge in [0, 0.05) is 10.7 Å². The molecule has 0 spiro atoms. The second-order valence-electron chi connectivity index (χ2n) is 2.09. The third kappa shape index (κ3) is 3.01. The van der Waals surface area contributed by atoms with Gasteiger partial charge < -0.3 is 5.32 Å². The van der Waals surface area contributed by atoms with E-state index in [0.717, 1.165) is 10.7 Å². The Labute approximate surface area is 81.3 Å². The second kappa shape index (κ2) is 4.88. The maximum absolute atomic E-state index is 5.69. The van der Waals surface area contributed by atoms with Crippen LogP contribution >= 0.6 is 23.8 Å². The van der Waals surface area contributed by atoms with Crippen LogP contribution in [0.4, 0.5) is 5.69 Å². The lowest BCUT2D eigenvalue weighted by atomic mass is 10.3. The lowest BCUT2D eigenvalue weighted by molar-refractivity contribution is 1.15. The fourth-order valence-electron chi connectivity index (χ4n) is 0.731. The van der Waals surface area contributed by atoms with Crippen LogP contribution < -0.4 is 5.32 Å². The first-order valence-corrected chi connectivity index (χ1v) is 4.14. The predicted octanol–water partition coefficient (Wildman–Crippen LogP) is 2.81. The number of anilines is 1. The zero-order chi connectivity index (χ0) is 8.81. The number of nitrogens with zero attached hydrogens (tertiary/aromatic N) is 1. The van der Waals surface area contributed by atoms with Crippen molar-refractivity contribution in [3.05, 3.63) is 29.3 Å². The molecule has 0 aliphatic heterocycles. The highest BCUT2D eigenvalue weighted by Gasteiger charge is 1.88. The Morgan fingerprint density at radius 1 is 1.42 bits per heavy atom. The number of thiocarbonyl (C=S) groups is 1. The van der Waals surface area contributed by atoms with E-state index in [-0.39, 0.29) is 0 Å². The van der Waals surface area contributed by atoms with Crippen molar-refractivity contribution in [2.45, 2.75) is 0 Å². The molecule has 62 valence electrons. The second-order valence-corrected chi connectivity index (χ2v) is 2.71. The van der Waals surface area contributed by atoms with Gasteiger partial charge in [0.05, 0.1) is 5.16 Å². The minimum absolute atomic E-state index is 0.450. The van der Waals surface area contributed by atoms with Crippen LogP contribution in [0.25, 0.3) is 0 Å². The van der Waals surface area contributed by atoms with Crippen LogP contribution in [0.2, 0.25) is 5.02 Å². The van der Waals surface area contributed by atoms with Crippen molar-refractivity contribution in [3.63, 3.8) is 0 Å². The van der Waals surface area contributed by atoms with Gasteiger partial charge in [-0.15, -0.1) is 0 Å². The lowest BCUT2D eigenvalue weighted by Crippen LogP contribution is -1.96. The summed E-state index contributed by atoms with van der Waals surface area (Å²) in [6.07, 6.45) is 0. The molecule has 0 aliphatic rings. The first-order chi connectivity index (χ1) is 5.83. The van der Waals surface area contributed by atoms with Gasteiger partial charge in [0.2, 0.25) is 0 Å². The summed E-state index contributed by atoms with van der Waals surface area (Å²) in [5.41, 5.74) is 0.966. The van der Waals surface area contributed by atoms with Gasteiger partial charge in [-0.1, -0.05) is 11.6 Å². The standard InChI is InChI=1S/C8H7ClN2S/c9-7-1-3-8(4-2-7)11-5-10-6-12/h1-4,11H,5H2. The predicted molar refractivity (Wildman–Crippen MR) is 55.0 cm³/mol. The average Bonchev–Trinajstić information content (AvgIpc) is 2.09. The summed E-state index contributed by atoms with van der Waals surface area (Å²) in [4.78, 5) is 3.71. The summed E-state index contributed by atoms with van der Waals surface area (Å²) in [5, 5.41) is 6.01. The summed E-state index contributed by atoms with van der Waals surface area (Å²) in [6, 6.07) is 7.37. The van der Waals surface area contributed by atoms with E-state index >= 15 is 0 Å². The number of benzene rings is 1. The molecule has 1 aromatic rings. The van der Waals surface area contributed by atoms with E-state index < -0.39 is 0 Å². The van der Waals surface area contributed by atoms with Crippen molar-refractivity contribution in [2.24, 2.45) is 4.99 Å².